The monoisotopic (exact) mass is 296 g/mol. The van der Waals surface area contributed by atoms with Gasteiger partial charge in [0.1, 0.15) is 11.6 Å². The highest BCUT2D eigenvalue weighted by Gasteiger charge is 2.37. The number of nitrogens with zero attached hydrogens (tertiary/aromatic N) is 1. The van der Waals surface area contributed by atoms with Gasteiger partial charge >= 0.3 is 0 Å². The third kappa shape index (κ3) is 3.61. The fraction of sp³-hybridized carbons (Fsp3) is 0.647. The molecule has 1 fully saturated rings. The molecule has 1 atom stereocenters. The van der Waals surface area contributed by atoms with Gasteiger partial charge in [-0.05, 0) is 65.0 Å². The summed E-state index contributed by atoms with van der Waals surface area (Å²) in [6, 6.07) is 3.46. The summed E-state index contributed by atoms with van der Waals surface area (Å²) in [6.45, 7) is 6.26. The smallest absolute Gasteiger partial charge is 0.128 e. The number of rotatable bonds is 4. The average molecular weight is 296 g/mol. The highest BCUT2D eigenvalue weighted by molar-refractivity contribution is 5.25. The number of nitrogens with one attached hydrogen (secondary N) is 1. The zero-order valence-corrected chi connectivity index (χ0v) is 13.3. The third-order valence-corrected chi connectivity index (χ3v) is 4.69. The van der Waals surface area contributed by atoms with Gasteiger partial charge in [-0.15, -0.1) is 0 Å². The maximum Gasteiger partial charge on any atom is 0.128 e. The van der Waals surface area contributed by atoms with Crippen molar-refractivity contribution >= 4 is 0 Å². The zero-order valence-electron chi connectivity index (χ0n) is 13.3. The van der Waals surface area contributed by atoms with Gasteiger partial charge in [0.2, 0.25) is 0 Å². The molecule has 1 aliphatic heterocycles. The number of halogens is 2. The molecule has 0 spiro atoms. The lowest BCUT2D eigenvalue weighted by molar-refractivity contribution is 0.0849. The van der Waals surface area contributed by atoms with Crippen molar-refractivity contribution in [1.29, 1.82) is 0 Å². The van der Waals surface area contributed by atoms with Gasteiger partial charge in [-0.2, -0.15) is 0 Å². The Kier molecular flexibility index (Phi) is 5.33. The summed E-state index contributed by atoms with van der Waals surface area (Å²) in [7, 11) is 1.81. The van der Waals surface area contributed by atoms with Crippen LogP contribution in [-0.2, 0) is 0 Å². The Hall–Kier alpha value is -1.00. The van der Waals surface area contributed by atoms with Crippen LogP contribution in [0.4, 0.5) is 8.78 Å². The van der Waals surface area contributed by atoms with Crippen LogP contribution in [0.25, 0.3) is 0 Å². The second kappa shape index (κ2) is 6.84. The van der Waals surface area contributed by atoms with E-state index in [1.807, 2.05) is 7.05 Å². The molecule has 1 aromatic rings. The third-order valence-electron chi connectivity index (χ3n) is 4.69. The van der Waals surface area contributed by atoms with Crippen LogP contribution in [-0.4, -0.2) is 30.6 Å². The molecule has 4 heteroatoms. The lowest BCUT2D eigenvalue weighted by Gasteiger charge is -2.44. The number of likely N-dealkylation sites (N-methyl/N-ethyl adjacent to an activating group) is 1. The van der Waals surface area contributed by atoms with Crippen LogP contribution in [0.2, 0.25) is 0 Å². The standard InChI is InChI=1S/C17H26F2N2/c1-17(2,21-10-6-4-5-7-11-21)16(20-3)14-12-13(18)8-9-15(14)19/h8-9,12,16,20H,4-7,10-11H2,1-3H3. The summed E-state index contributed by atoms with van der Waals surface area (Å²) in [5, 5.41) is 3.20. The largest absolute Gasteiger partial charge is 0.311 e. The van der Waals surface area contributed by atoms with Crippen LogP contribution in [0.1, 0.15) is 51.1 Å². The minimum atomic E-state index is -0.390. The molecule has 2 rings (SSSR count). The molecule has 0 saturated carbocycles. The van der Waals surface area contributed by atoms with Gasteiger partial charge in [0.25, 0.3) is 0 Å². The first-order chi connectivity index (χ1) is 9.96. The first-order valence-electron chi connectivity index (χ1n) is 7.84. The summed E-state index contributed by atoms with van der Waals surface area (Å²) in [5.41, 5.74) is 0.139. The van der Waals surface area contributed by atoms with E-state index < -0.39 is 5.82 Å². The Morgan fingerprint density at radius 3 is 2.29 bits per heavy atom. The predicted octanol–water partition coefficient (Wildman–Crippen LogP) is 3.88. The van der Waals surface area contributed by atoms with Crippen molar-refractivity contribution in [3.05, 3.63) is 35.4 Å². The summed E-state index contributed by atoms with van der Waals surface area (Å²) in [5.74, 6) is -0.739. The van der Waals surface area contributed by atoms with Crippen LogP contribution in [0, 0.1) is 11.6 Å². The van der Waals surface area contributed by atoms with E-state index in [0.717, 1.165) is 13.1 Å². The lowest BCUT2D eigenvalue weighted by Crippen LogP contribution is -2.52. The summed E-state index contributed by atoms with van der Waals surface area (Å²) >= 11 is 0. The van der Waals surface area contributed by atoms with E-state index in [1.165, 1.54) is 43.9 Å². The van der Waals surface area contributed by atoms with Gasteiger partial charge in [0.05, 0.1) is 6.04 Å². The van der Waals surface area contributed by atoms with Crippen molar-refractivity contribution < 1.29 is 8.78 Å². The number of likely N-dealkylation sites (tertiary alicyclic amines) is 1. The van der Waals surface area contributed by atoms with E-state index in [2.05, 4.69) is 24.1 Å². The molecule has 0 aromatic heterocycles. The Labute approximate surface area is 126 Å². The fourth-order valence-corrected chi connectivity index (χ4v) is 3.45. The van der Waals surface area contributed by atoms with Crippen molar-refractivity contribution in [2.75, 3.05) is 20.1 Å². The highest BCUT2D eigenvalue weighted by Crippen LogP contribution is 2.34. The van der Waals surface area contributed by atoms with Gasteiger partial charge < -0.3 is 5.32 Å². The molecule has 1 heterocycles. The number of hydrogen-bond donors (Lipinski definition) is 1. The first kappa shape index (κ1) is 16.4. The van der Waals surface area contributed by atoms with E-state index in [4.69, 9.17) is 0 Å². The van der Waals surface area contributed by atoms with Gasteiger partial charge in [0, 0.05) is 11.1 Å². The Morgan fingerprint density at radius 1 is 1.10 bits per heavy atom. The number of benzene rings is 1. The molecule has 0 amide bonds. The van der Waals surface area contributed by atoms with E-state index >= 15 is 0 Å². The lowest BCUT2D eigenvalue weighted by atomic mass is 9.86. The van der Waals surface area contributed by atoms with Crippen LogP contribution < -0.4 is 5.32 Å². The van der Waals surface area contributed by atoms with E-state index in [-0.39, 0.29) is 17.4 Å². The molecule has 1 N–H and O–H groups in total. The summed E-state index contributed by atoms with van der Waals surface area (Å²) in [4.78, 5) is 2.41. The van der Waals surface area contributed by atoms with Crippen molar-refractivity contribution in [2.45, 2.75) is 51.1 Å². The zero-order chi connectivity index (χ0) is 15.5. The Morgan fingerprint density at radius 2 is 1.71 bits per heavy atom. The minimum Gasteiger partial charge on any atom is -0.311 e. The van der Waals surface area contributed by atoms with Crippen molar-refractivity contribution in [1.82, 2.24) is 10.2 Å². The summed E-state index contributed by atoms with van der Waals surface area (Å²) in [6.07, 6.45) is 4.85. The molecule has 21 heavy (non-hydrogen) atoms. The molecular weight excluding hydrogens is 270 g/mol. The average Bonchev–Trinajstić information content (AvgIpc) is 2.72. The molecule has 0 aliphatic carbocycles. The second-order valence-electron chi connectivity index (χ2n) is 6.44. The van der Waals surface area contributed by atoms with Crippen molar-refractivity contribution in [3.63, 3.8) is 0 Å². The molecule has 118 valence electrons. The van der Waals surface area contributed by atoms with E-state index in [0.29, 0.717) is 5.56 Å². The minimum absolute atomic E-state index is 0.244. The quantitative estimate of drug-likeness (QED) is 0.907. The molecule has 2 nitrogen and oxygen atoms in total. The molecular formula is C17H26F2N2. The fourth-order valence-electron chi connectivity index (χ4n) is 3.45. The Bertz CT molecular complexity index is 466. The maximum atomic E-state index is 14.2. The number of hydrogen-bond acceptors (Lipinski definition) is 2. The van der Waals surface area contributed by atoms with Gasteiger partial charge in [-0.25, -0.2) is 8.78 Å². The van der Waals surface area contributed by atoms with E-state index in [9.17, 15) is 8.78 Å². The Balaban J connectivity index is 2.31. The predicted molar refractivity (Wildman–Crippen MR) is 82.3 cm³/mol. The maximum absolute atomic E-state index is 14.2. The van der Waals surface area contributed by atoms with Crippen LogP contribution in [0.15, 0.2) is 18.2 Å². The molecule has 0 radical (unpaired) electrons. The molecule has 1 aliphatic rings. The molecule has 1 unspecified atom stereocenters. The highest BCUT2D eigenvalue weighted by atomic mass is 19.1. The van der Waals surface area contributed by atoms with Gasteiger partial charge in [0.15, 0.2) is 0 Å². The molecule has 0 bridgehead atoms. The van der Waals surface area contributed by atoms with Crippen LogP contribution in [0.5, 0.6) is 0 Å². The van der Waals surface area contributed by atoms with Crippen LogP contribution in [0.3, 0.4) is 0 Å². The molecule has 1 aromatic carbocycles. The van der Waals surface area contributed by atoms with Gasteiger partial charge in [-0.1, -0.05) is 12.8 Å². The van der Waals surface area contributed by atoms with Crippen LogP contribution >= 0.6 is 0 Å². The van der Waals surface area contributed by atoms with Crippen molar-refractivity contribution in [2.24, 2.45) is 0 Å². The normalized spacial score (nSPS) is 19.3. The van der Waals surface area contributed by atoms with E-state index in [1.54, 1.807) is 0 Å². The van der Waals surface area contributed by atoms with Crippen molar-refractivity contribution in [3.8, 4) is 0 Å². The SMILES string of the molecule is CNC(c1cc(F)ccc1F)C(C)(C)N1CCCCCC1. The topological polar surface area (TPSA) is 15.3 Å². The second-order valence-corrected chi connectivity index (χ2v) is 6.44. The molecule has 1 saturated heterocycles. The van der Waals surface area contributed by atoms with Gasteiger partial charge in [-0.3, -0.25) is 4.90 Å². The first-order valence-corrected chi connectivity index (χ1v) is 7.84. The summed E-state index contributed by atoms with van der Waals surface area (Å²) < 4.78 is 27.7.